The first-order chi connectivity index (χ1) is 14.9. The van der Waals surface area contributed by atoms with E-state index in [9.17, 15) is 18.5 Å². The molecule has 0 aliphatic rings. The molecule has 2 heterocycles. The highest BCUT2D eigenvalue weighted by atomic mass is 32.2. The van der Waals surface area contributed by atoms with Crippen molar-refractivity contribution in [3.8, 4) is 17.4 Å². The van der Waals surface area contributed by atoms with Crippen LogP contribution in [0.15, 0.2) is 70.0 Å². The van der Waals surface area contributed by atoms with E-state index in [-0.39, 0.29) is 4.90 Å². The lowest BCUT2D eigenvalue weighted by Gasteiger charge is -2.05. The third kappa shape index (κ3) is 4.24. The van der Waals surface area contributed by atoms with Gasteiger partial charge in [-0.05, 0) is 48.5 Å². The summed E-state index contributed by atoms with van der Waals surface area (Å²) in [6.07, 6.45) is 1.58. The van der Waals surface area contributed by atoms with Gasteiger partial charge in [0.25, 0.3) is 10.0 Å². The largest absolute Gasteiger partial charge is 0.457 e. The quantitative estimate of drug-likeness (QED) is 0.463. The zero-order valence-electron chi connectivity index (χ0n) is 16.3. The molecular weight excluding hydrogens is 416 g/mol. The number of para-hydroxylation sites is 2. The van der Waals surface area contributed by atoms with Crippen LogP contribution in [0.25, 0.3) is 34.0 Å². The molecule has 2 aromatic heterocycles. The van der Waals surface area contributed by atoms with Crippen LogP contribution in [0.1, 0.15) is 18.5 Å². The maximum absolute atomic E-state index is 12.0. The van der Waals surface area contributed by atoms with E-state index >= 15 is 0 Å². The number of allylic oxidation sites excluding steroid dienone is 1. The van der Waals surface area contributed by atoms with Crippen molar-refractivity contribution in [2.45, 2.75) is 11.8 Å². The summed E-state index contributed by atoms with van der Waals surface area (Å²) >= 11 is 0. The molecule has 31 heavy (non-hydrogen) atoms. The molecular formula is C22H16N4O4S. The van der Waals surface area contributed by atoms with E-state index in [1.165, 1.54) is 12.1 Å². The Bertz CT molecular complexity index is 1420. The molecule has 4 rings (SSSR count). The van der Waals surface area contributed by atoms with Crippen LogP contribution >= 0.6 is 0 Å². The van der Waals surface area contributed by atoms with E-state index < -0.39 is 15.9 Å². The third-order valence-corrected chi connectivity index (χ3v) is 5.85. The fourth-order valence-corrected chi connectivity index (χ4v) is 4.00. The number of aromatic amines is 1. The second-order valence-electron chi connectivity index (χ2n) is 6.66. The lowest BCUT2D eigenvalue weighted by molar-refractivity contribution is -0.117. The van der Waals surface area contributed by atoms with Gasteiger partial charge in [-0.3, -0.25) is 4.79 Å². The number of hydrogen-bond donors (Lipinski definition) is 2. The minimum Gasteiger partial charge on any atom is -0.457 e. The lowest BCUT2D eigenvalue weighted by Crippen LogP contribution is -2.28. The molecule has 4 aromatic rings. The number of rotatable bonds is 5. The summed E-state index contributed by atoms with van der Waals surface area (Å²) in [5.74, 6) is 0.719. The van der Waals surface area contributed by atoms with E-state index in [4.69, 9.17) is 4.42 Å². The van der Waals surface area contributed by atoms with Gasteiger partial charge in [0.05, 0.1) is 21.5 Å². The van der Waals surface area contributed by atoms with E-state index in [0.29, 0.717) is 28.5 Å². The highest BCUT2D eigenvalue weighted by molar-refractivity contribution is 7.90. The minimum atomic E-state index is -3.90. The second kappa shape index (κ2) is 7.93. The van der Waals surface area contributed by atoms with Crippen LogP contribution in [0.2, 0.25) is 0 Å². The van der Waals surface area contributed by atoms with Crippen molar-refractivity contribution in [3.05, 3.63) is 72.2 Å². The highest BCUT2D eigenvalue weighted by Gasteiger charge is 2.16. The molecule has 2 aromatic carbocycles. The molecule has 154 valence electrons. The number of benzene rings is 2. The van der Waals surface area contributed by atoms with E-state index in [1.54, 1.807) is 30.3 Å². The SMILES string of the molecule is CC(=O)NS(=O)(=O)c1ccc(-c2ccc(/C=C(/C#N)c3nc4ccccc4[nH]3)o2)cc1. The molecule has 0 radical (unpaired) electrons. The summed E-state index contributed by atoms with van der Waals surface area (Å²) in [6, 6.07) is 18.9. The van der Waals surface area contributed by atoms with Crippen LogP contribution in [0.4, 0.5) is 0 Å². The topological polar surface area (TPSA) is 129 Å². The summed E-state index contributed by atoms with van der Waals surface area (Å²) in [5.41, 5.74) is 2.54. The fraction of sp³-hybridized carbons (Fsp3) is 0.0455. The number of carbonyl (C=O) groups excluding carboxylic acids is 1. The number of nitrogens with one attached hydrogen (secondary N) is 2. The van der Waals surface area contributed by atoms with E-state index in [2.05, 4.69) is 16.0 Å². The van der Waals surface area contributed by atoms with Crippen molar-refractivity contribution in [1.82, 2.24) is 14.7 Å². The summed E-state index contributed by atoms with van der Waals surface area (Å²) in [5, 5.41) is 9.55. The number of imidazole rings is 1. The predicted molar refractivity (Wildman–Crippen MR) is 115 cm³/mol. The molecule has 0 aliphatic carbocycles. The number of aromatic nitrogens is 2. The van der Waals surface area contributed by atoms with Gasteiger partial charge in [-0.2, -0.15) is 5.26 Å². The molecule has 0 saturated carbocycles. The molecule has 9 heteroatoms. The number of nitriles is 1. The number of nitrogens with zero attached hydrogens (tertiary/aromatic N) is 2. The summed E-state index contributed by atoms with van der Waals surface area (Å²) in [7, 11) is -3.90. The van der Waals surface area contributed by atoms with Gasteiger partial charge >= 0.3 is 0 Å². The second-order valence-corrected chi connectivity index (χ2v) is 8.34. The van der Waals surface area contributed by atoms with Gasteiger partial charge in [0.2, 0.25) is 5.91 Å². The Balaban J connectivity index is 1.60. The molecule has 2 N–H and O–H groups in total. The maximum Gasteiger partial charge on any atom is 0.264 e. The summed E-state index contributed by atoms with van der Waals surface area (Å²) < 4.78 is 31.8. The average molecular weight is 432 g/mol. The van der Waals surface area contributed by atoms with Gasteiger partial charge in [-0.25, -0.2) is 18.1 Å². The van der Waals surface area contributed by atoms with Crippen LogP contribution < -0.4 is 4.72 Å². The Morgan fingerprint density at radius 3 is 2.55 bits per heavy atom. The Morgan fingerprint density at radius 1 is 1.13 bits per heavy atom. The molecule has 0 atom stereocenters. The standard InChI is InChI=1S/C22H16N4O4S/c1-14(27)26-31(28,29)18-9-6-15(7-10-18)21-11-8-17(30-21)12-16(13-23)22-24-19-4-2-3-5-20(19)25-22/h2-12H,1H3,(H,24,25)(H,26,27)/b16-12-. The predicted octanol–water partition coefficient (Wildman–Crippen LogP) is 3.71. The van der Waals surface area contributed by atoms with Crippen molar-refractivity contribution in [1.29, 1.82) is 5.26 Å². The van der Waals surface area contributed by atoms with Crippen LogP contribution in [0, 0.1) is 11.3 Å². The van der Waals surface area contributed by atoms with Gasteiger partial charge in [-0.15, -0.1) is 0 Å². The normalized spacial score (nSPS) is 11.9. The lowest BCUT2D eigenvalue weighted by atomic mass is 10.2. The molecule has 0 aliphatic heterocycles. The van der Waals surface area contributed by atoms with E-state index in [1.807, 2.05) is 29.0 Å². The fourth-order valence-electron chi connectivity index (χ4n) is 3.01. The van der Waals surface area contributed by atoms with Crippen molar-refractivity contribution in [2.75, 3.05) is 0 Å². The first-order valence-corrected chi connectivity index (χ1v) is 10.6. The number of carbonyl (C=O) groups is 1. The molecule has 0 bridgehead atoms. The number of sulfonamides is 1. The number of H-pyrrole nitrogens is 1. The first-order valence-electron chi connectivity index (χ1n) is 9.16. The van der Waals surface area contributed by atoms with E-state index in [0.717, 1.165) is 18.0 Å². The number of hydrogen-bond acceptors (Lipinski definition) is 6. The zero-order valence-corrected chi connectivity index (χ0v) is 17.1. The number of furan rings is 1. The first kappa shape index (κ1) is 20.1. The van der Waals surface area contributed by atoms with Crippen LogP contribution in [-0.4, -0.2) is 24.3 Å². The van der Waals surface area contributed by atoms with Gasteiger partial charge < -0.3 is 9.40 Å². The monoisotopic (exact) mass is 432 g/mol. The average Bonchev–Trinajstić information content (AvgIpc) is 3.38. The van der Waals surface area contributed by atoms with Gasteiger partial charge in [0, 0.05) is 18.6 Å². The summed E-state index contributed by atoms with van der Waals surface area (Å²) in [6.45, 7) is 1.13. The number of amides is 1. The maximum atomic E-state index is 12.0. The summed E-state index contributed by atoms with van der Waals surface area (Å²) in [4.78, 5) is 18.5. The van der Waals surface area contributed by atoms with Gasteiger partial charge in [0.1, 0.15) is 23.4 Å². The Hall–Kier alpha value is -4.16. The van der Waals surface area contributed by atoms with Crippen molar-refractivity contribution < 1.29 is 17.6 Å². The van der Waals surface area contributed by atoms with Crippen molar-refractivity contribution in [3.63, 3.8) is 0 Å². The molecule has 1 amide bonds. The number of fused-ring (bicyclic) bond motifs is 1. The van der Waals surface area contributed by atoms with Crippen LogP contribution in [-0.2, 0) is 14.8 Å². The highest BCUT2D eigenvalue weighted by Crippen LogP contribution is 2.26. The molecule has 0 unspecified atom stereocenters. The third-order valence-electron chi connectivity index (χ3n) is 4.41. The van der Waals surface area contributed by atoms with Gasteiger partial charge in [-0.1, -0.05) is 12.1 Å². The Kier molecular flexibility index (Phi) is 5.15. The van der Waals surface area contributed by atoms with Crippen LogP contribution in [0.3, 0.4) is 0 Å². The van der Waals surface area contributed by atoms with Crippen molar-refractivity contribution >= 4 is 38.6 Å². The Morgan fingerprint density at radius 2 is 1.87 bits per heavy atom. The van der Waals surface area contributed by atoms with Crippen LogP contribution in [0.5, 0.6) is 0 Å². The molecule has 0 saturated heterocycles. The minimum absolute atomic E-state index is 0.0326. The smallest absolute Gasteiger partial charge is 0.264 e. The molecule has 8 nitrogen and oxygen atoms in total. The zero-order chi connectivity index (χ0) is 22.0. The van der Waals surface area contributed by atoms with Crippen molar-refractivity contribution in [2.24, 2.45) is 0 Å². The molecule has 0 spiro atoms. The molecule has 0 fully saturated rings. The van der Waals surface area contributed by atoms with Gasteiger partial charge in [0.15, 0.2) is 0 Å². The Labute approximate surface area is 177 Å².